The molecule has 0 spiro atoms. The van der Waals surface area contributed by atoms with Gasteiger partial charge in [0.05, 0.1) is 0 Å². The van der Waals surface area contributed by atoms with E-state index in [1.165, 1.54) is 115 Å². The van der Waals surface area contributed by atoms with Crippen molar-refractivity contribution in [3.8, 4) is 20.9 Å². The maximum absolute atomic E-state index is 6.81. The molecule has 0 N–H and O–H groups in total. The van der Waals surface area contributed by atoms with E-state index in [2.05, 4.69) is 203 Å². The van der Waals surface area contributed by atoms with Gasteiger partial charge in [-0.25, -0.2) is 0 Å². The molecular weight excluding hydrogens is 1200 g/mol. The van der Waals surface area contributed by atoms with Crippen LogP contribution < -0.4 is 5.79 Å². The van der Waals surface area contributed by atoms with Crippen molar-refractivity contribution in [2.75, 3.05) is 0 Å². The van der Waals surface area contributed by atoms with E-state index in [9.17, 15) is 0 Å². The third-order valence-electron chi connectivity index (χ3n) is 11.4. The van der Waals surface area contributed by atoms with E-state index in [1.54, 1.807) is 5.79 Å². The Morgan fingerprint density at radius 2 is 0.697 bits per heavy atom. The monoisotopic (exact) mass is 1290 g/mol. The van der Waals surface area contributed by atoms with Crippen molar-refractivity contribution in [2.24, 2.45) is 0 Å². The van der Waals surface area contributed by atoms with Crippen LogP contribution in [0.3, 0.4) is 0 Å². The van der Waals surface area contributed by atoms with Crippen LogP contribution in [0.4, 0.5) is 0 Å². The fourth-order valence-corrected chi connectivity index (χ4v) is 49.8. The first-order valence-corrected chi connectivity index (χ1v) is 67.1. The fraction of sp³-hybridized carbons (Fsp3) is 0.640. The molecule has 0 radical (unpaired) electrons. The normalized spacial score (nSPS) is 14.1. The van der Waals surface area contributed by atoms with Gasteiger partial charge in [-0.05, 0) is 104 Å². The van der Waals surface area contributed by atoms with Crippen molar-refractivity contribution in [1.82, 2.24) is 0 Å². The topological polar surface area (TPSA) is 36.9 Å². The van der Waals surface area contributed by atoms with Gasteiger partial charge in [-0.1, -0.05) is 0 Å². The van der Waals surface area contributed by atoms with Gasteiger partial charge in [-0.2, -0.15) is 0 Å². The molecule has 1 aromatic carbocycles. The first-order chi connectivity index (χ1) is 30.1. The smallest absolute Gasteiger partial charge is 0.172 e. The van der Waals surface area contributed by atoms with Gasteiger partial charge in [0.25, 0.3) is 0 Å². The number of hydrogen-bond acceptors (Lipinski definition) is 8. The minimum absolute atomic E-state index is 1.12. The summed E-state index contributed by atoms with van der Waals surface area (Å²) in [7, 11) is -11.0. The largest absolute Gasteiger partial charge is 0.437 e. The van der Waals surface area contributed by atoms with E-state index in [0.29, 0.717) is 0 Å². The number of fused-ring (bicyclic) bond motifs is 2. The molecule has 5 aromatic rings. The van der Waals surface area contributed by atoms with E-state index >= 15 is 0 Å². The number of hydrogen-bond donors (Lipinski definition) is 0. The summed E-state index contributed by atoms with van der Waals surface area (Å²) in [5, 5.41) is 3.04. The van der Waals surface area contributed by atoms with Crippen molar-refractivity contribution in [2.45, 2.75) is 198 Å². The summed E-state index contributed by atoms with van der Waals surface area (Å²) >= 11 is 3.64. The maximum atomic E-state index is 6.81. The molecule has 4 aromatic heterocycles. The first-order valence-electron chi connectivity index (χ1n) is 25.2. The molecule has 16 heteroatoms. The fourth-order valence-electron chi connectivity index (χ4n) is 9.33. The van der Waals surface area contributed by atoms with Crippen LogP contribution >= 0.6 is 45.3 Å². The third-order valence-corrected chi connectivity index (χ3v) is 54.2. The predicted octanol–water partition coefficient (Wildman–Crippen LogP) is 18.4. The van der Waals surface area contributed by atoms with Gasteiger partial charge in [-0.15, -0.1) is 0 Å². The van der Waals surface area contributed by atoms with Crippen LogP contribution in [0.1, 0.15) is 61.1 Å². The summed E-state index contributed by atoms with van der Waals surface area (Å²) in [5.41, 5.74) is 3.06. The maximum Gasteiger partial charge on any atom is 0.172 e. The van der Waals surface area contributed by atoms with Crippen LogP contribution in [-0.2, 0) is 29.3 Å². The van der Waals surface area contributed by atoms with Gasteiger partial charge in [0, 0.05) is 0 Å². The number of rotatable bonds is 26. The molecule has 0 unspecified atom stereocenters. The Morgan fingerprint density at radius 1 is 0.394 bits per heavy atom. The van der Waals surface area contributed by atoms with E-state index in [1.807, 2.05) is 0 Å². The minimum atomic E-state index is -2.40. The van der Waals surface area contributed by atoms with Gasteiger partial charge < -0.3 is 16.5 Å². The van der Waals surface area contributed by atoms with Crippen molar-refractivity contribution >= 4 is 158 Å². The van der Waals surface area contributed by atoms with E-state index in [4.69, 9.17) is 16.5 Å². The van der Waals surface area contributed by atoms with Gasteiger partial charge >= 0.3 is 286 Å². The summed E-state index contributed by atoms with van der Waals surface area (Å²) in [5.74, 6) is 0. The zero-order chi connectivity index (χ0) is 49.3. The second kappa shape index (κ2) is 22.8. The molecule has 0 saturated carbocycles. The van der Waals surface area contributed by atoms with Crippen LogP contribution in [-0.4, -0.2) is 87.1 Å². The second-order valence-corrected chi connectivity index (χ2v) is 86.4. The molecule has 5 rings (SSSR count). The molecule has 4 heterocycles. The Morgan fingerprint density at radius 3 is 0.985 bits per heavy atom. The standard InChI is InChI=1S/C44H72O4S4Si6.6CH3.2Sn/c1-53(2,3)45-57(13,46-54(4,5)6)33-21-17-15-19-23-35-25-27-39(51-35)41-37-29-31-50-44(37)42(38-30-32-49-43(38)41)40-28-26-36(52-40)24-20-16-18-22-34-58(14,47-55(7,8)9)48-56(10,11)12;;;;;;;;/h25-30H,15-24,33-34H2,1-14H3;6*1H3;;. The molecule has 0 bridgehead atoms. The average molecular weight is 1290 g/mol. The van der Waals surface area contributed by atoms with Crippen LogP contribution in [0, 0.1) is 0 Å². The van der Waals surface area contributed by atoms with Gasteiger partial charge in [0.15, 0.2) is 33.3 Å². The van der Waals surface area contributed by atoms with Crippen molar-refractivity contribution in [3.05, 3.63) is 46.2 Å². The van der Waals surface area contributed by atoms with E-state index in [-0.39, 0.29) is 0 Å². The van der Waals surface area contributed by atoms with Crippen LogP contribution in [0.5, 0.6) is 0 Å². The number of aryl methyl sites for hydroxylation is 2. The second-order valence-electron chi connectivity index (χ2n) is 25.4. The van der Waals surface area contributed by atoms with E-state index in [0.717, 1.165) is 12.1 Å². The van der Waals surface area contributed by atoms with Gasteiger partial charge in [-0.3, -0.25) is 0 Å². The zero-order valence-electron chi connectivity index (χ0n) is 45.2. The van der Waals surface area contributed by atoms with Crippen LogP contribution in [0.25, 0.3) is 41.1 Å². The molecule has 0 atom stereocenters. The number of unbranched alkanes of at least 4 members (excludes halogenated alkanes) is 6. The Labute approximate surface area is 434 Å². The quantitative estimate of drug-likeness (QED) is 0.0408. The summed E-state index contributed by atoms with van der Waals surface area (Å²) in [6.45, 7) is 32.5. The molecule has 0 saturated heterocycles. The summed E-state index contributed by atoms with van der Waals surface area (Å²) in [4.78, 5) is 21.6. The van der Waals surface area contributed by atoms with Gasteiger partial charge in [0.2, 0.25) is 0 Å². The van der Waals surface area contributed by atoms with Gasteiger partial charge in [0.1, 0.15) is 0 Å². The molecule has 0 fully saturated rings. The minimum Gasteiger partial charge on any atom is -0.437 e. The Kier molecular flexibility index (Phi) is 20.1. The average Bonchev–Trinajstić information content (AvgIpc) is 3.93. The molecule has 4 nitrogen and oxygen atoms in total. The first kappa shape index (κ1) is 58.2. The summed E-state index contributed by atoms with van der Waals surface area (Å²) < 4.78 is 33.7. The van der Waals surface area contributed by atoms with E-state index < -0.39 is 87.1 Å². The number of benzene rings is 1. The Hall–Kier alpha value is 1.28. The number of thiophene rings is 4. The molecule has 0 aliphatic rings. The third kappa shape index (κ3) is 17.7. The Bertz CT molecular complexity index is 2110. The molecule has 66 heavy (non-hydrogen) atoms. The summed E-state index contributed by atoms with van der Waals surface area (Å²) in [6, 6.07) is 17.5. The van der Waals surface area contributed by atoms with Crippen molar-refractivity contribution in [1.29, 1.82) is 0 Å². The van der Waals surface area contributed by atoms with Crippen LogP contribution in [0.15, 0.2) is 36.4 Å². The molecule has 0 amide bonds. The van der Waals surface area contributed by atoms with Crippen molar-refractivity contribution < 1.29 is 16.5 Å². The summed E-state index contributed by atoms with van der Waals surface area (Å²) in [6.07, 6.45) is 12.3. The molecule has 370 valence electrons. The van der Waals surface area contributed by atoms with Crippen LogP contribution in [0.2, 0.25) is 133 Å². The SMILES string of the molecule is C[Si](C)(C)O[Si](C)(CCCCCCc1ccc(-c2c3c[c]([Sn]([CH3])([CH3])[CH3])sc3c(-c3ccc(CCCCCC[Si](C)(O[Si](C)(C)C)O[Si](C)(C)C)s3)c3c[c]([Sn]([CH3])([CH3])[CH3])sc23)s1)O[Si](C)(C)C. The van der Waals surface area contributed by atoms with Crippen molar-refractivity contribution in [3.63, 3.8) is 0 Å². The molecular formula is C50H90O4S4Si6Sn2. The zero-order valence-corrected chi connectivity index (χ0v) is 60.2. The Balaban J connectivity index is 1.35. The molecule has 0 aliphatic heterocycles. The predicted molar refractivity (Wildman–Crippen MR) is 325 cm³/mol. The molecule has 0 aliphatic carbocycles.